The van der Waals surface area contributed by atoms with Gasteiger partial charge >= 0.3 is 6.03 Å². The SMILES string of the molecule is CN(C)Cc1ccc(CNC(=O)NCc2ccc(N3CCCCC3=O)cc2)cc1. The van der Waals surface area contributed by atoms with Crippen LogP contribution in [0, 0.1) is 0 Å². The Morgan fingerprint density at radius 3 is 2.00 bits per heavy atom. The maximum Gasteiger partial charge on any atom is 0.315 e. The lowest BCUT2D eigenvalue weighted by atomic mass is 10.1. The summed E-state index contributed by atoms with van der Waals surface area (Å²) >= 11 is 0. The van der Waals surface area contributed by atoms with Gasteiger partial charge in [-0.05, 0) is 55.8 Å². The topological polar surface area (TPSA) is 64.7 Å². The molecule has 2 N–H and O–H groups in total. The minimum absolute atomic E-state index is 0.191. The van der Waals surface area contributed by atoms with Gasteiger partial charge in [0, 0.05) is 38.3 Å². The van der Waals surface area contributed by atoms with Crippen LogP contribution < -0.4 is 15.5 Å². The van der Waals surface area contributed by atoms with Crippen LogP contribution in [0.4, 0.5) is 10.5 Å². The average Bonchev–Trinajstić information content (AvgIpc) is 2.72. The van der Waals surface area contributed by atoms with Crippen molar-refractivity contribution in [2.45, 2.75) is 38.9 Å². The molecule has 2 aromatic rings. The van der Waals surface area contributed by atoms with Crippen molar-refractivity contribution in [3.05, 3.63) is 65.2 Å². The number of urea groups is 1. The van der Waals surface area contributed by atoms with Crippen LogP contribution in [0.5, 0.6) is 0 Å². The fourth-order valence-electron chi connectivity index (χ4n) is 3.43. The van der Waals surface area contributed by atoms with E-state index in [2.05, 4.69) is 27.7 Å². The third-order valence-electron chi connectivity index (χ3n) is 5.00. The minimum atomic E-state index is -0.197. The smallest absolute Gasteiger partial charge is 0.315 e. The number of hydrogen-bond donors (Lipinski definition) is 2. The fourth-order valence-corrected chi connectivity index (χ4v) is 3.43. The second-order valence-electron chi connectivity index (χ2n) is 7.76. The van der Waals surface area contributed by atoms with Gasteiger partial charge in [-0.3, -0.25) is 4.79 Å². The van der Waals surface area contributed by atoms with Crippen LogP contribution >= 0.6 is 0 Å². The molecule has 1 fully saturated rings. The number of nitrogens with one attached hydrogen (secondary N) is 2. The molecule has 3 amide bonds. The molecule has 1 heterocycles. The van der Waals surface area contributed by atoms with Crippen molar-refractivity contribution >= 4 is 17.6 Å². The molecule has 1 aliphatic rings. The molecule has 0 aliphatic carbocycles. The van der Waals surface area contributed by atoms with Crippen LogP contribution in [-0.4, -0.2) is 37.5 Å². The van der Waals surface area contributed by atoms with Gasteiger partial charge in [-0.15, -0.1) is 0 Å². The van der Waals surface area contributed by atoms with Crippen LogP contribution in [0.25, 0.3) is 0 Å². The number of amides is 3. The van der Waals surface area contributed by atoms with Gasteiger partial charge < -0.3 is 20.4 Å². The largest absolute Gasteiger partial charge is 0.334 e. The van der Waals surface area contributed by atoms with Crippen molar-refractivity contribution in [1.82, 2.24) is 15.5 Å². The van der Waals surface area contributed by atoms with Crippen LogP contribution in [0.3, 0.4) is 0 Å². The third kappa shape index (κ3) is 6.32. The fraction of sp³-hybridized carbons (Fsp3) is 0.391. The highest BCUT2D eigenvalue weighted by Gasteiger charge is 2.19. The molecule has 0 saturated carbocycles. The van der Waals surface area contributed by atoms with E-state index in [-0.39, 0.29) is 11.9 Å². The van der Waals surface area contributed by atoms with Crippen molar-refractivity contribution in [2.75, 3.05) is 25.5 Å². The molecule has 0 aromatic heterocycles. The molecule has 0 unspecified atom stereocenters. The number of hydrogen-bond acceptors (Lipinski definition) is 3. The molecule has 3 rings (SSSR count). The highest BCUT2D eigenvalue weighted by atomic mass is 16.2. The minimum Gasteiger partial charge on any atom is -0.334 e. The first-order valence-electron chi connectivity index (χ1n) is 10.1. The predicted molar refractivity (Wildman–Crippen MR) is 116 cm³/mol. The molecule has 6 heteroatoms. The Morgan fingerprint density at radius 1 is 0.897 bits per heavy atom. The highest BCUT2D eigenvalue weighted by molar-refractivity contribution is 5.93. The van der Waals surface area contributed by atoms with Crippen LogP contribution in [0.15, 0.2) is 48.5 Å². The summed E-state index contributed by atoms with van der Waals surface area (Å²) in [5, 5.41) is 5.76. The van der Waals surface area contributed by atoms with Gasteiger partial charge in [-0.2, -0.15) is 0 Å². The van der Waals surface area contributed by atoms with E-state index < -0.39 is 0 Å². The zero-order chi connectivity index (χ0) is 20.6. The second-order valence-corrected chi connectivity index (χ2v) is 7.76. The summed E-state index contributed by atoms with van der Waals surface area (Å²) in [6, 6.07) is 15.9. The number of rotatable bonds is 7. The number of carbonyl (C=O) groups is 2. The standard InChI is InChI=1S/C23H30N4O2/c1-26(2)17-20-8-6-18(7-9-20)15-24-23(29)25-16-19-10-12-21(13-11-19)27-14-4-3-5-22(27)28/h6-13H,3-5,14-17H2,1-2H3,(H2,24,25,29). The first-order chi connectivity index (χ1) is 14.0. The molecule has 1 aliphatic heterocycles. The summed E-state index contributed by atoms with van der Waals surface area (Å²) in [5.74, 6) is 0.191. The van der Waals surface area contributed by atoms with E-state index in [0.717, 1.165) is 42.7 Å². The number of piperidine rings is 1. The van der Waals surface area contributed by atoms with E-state index in [1.165, 1.54) is 5.56 Å². The number of nitrogens with zero attached hydrogens (tertiary/aromatic N) is 2. The molecule has 6 nitrogen and oxygen atoms in total. The number of anilines is 1. The molecule has 29 heavy (non-hydrogen) atoms. The number of carbonyl (C=O) groups excluding carboxylic acids is 2. The van der Waals surface area contributed by atoms with Crippen molar-refractivity contribution in [1.29, 1.82) is 0 Å². The zero-order valence-corrected chi connectivity index (χ0v) is 17.3. The Hall–Kier alpha value is -2.86. The van der Waals surface area contributed by atoms with Crippen molar-refractivity contribution in [3.63, 3.8) is 0 Å². The van der Waals surface area contributed by atoms with E-state index in [0.29, 0.717) is 19.5 Å². The molecule has 2 aromatic carbocycles. The maximum atomic E-state index is 12.1. The summed E-state index contributed by atoms with van der Waals surface area (Å²) in [7, 11) is 4.08. The van der Waals surface area contributed by atoms with Crippen LogP contribution in [0.1, 0.15) is 36.0 Å². The Balaban J connectivity index is 1.42. The molecule has 0 spiro atoms. The Bertz CT molecular complexity index is 816. The Morgan fingerprint density at radius 2 is 1.45 bits per heavy atom. The van der Waals surface area contributed by atoms with Crippen LogP contribution in [-0.2, 0) is 24.4 Å². The molecule has 0 radical (unpaired) electrons. The van der Waals surface area contributed by atoms with Crippen molar-refractivity contribution < 1.29 is 9.59 Å². The van der Waals surface area contributed by atoms with Gasteiger partial charge in [0.2, 0.25) is 5.91 Å². The van der Waals surface area contributed by atoms with Crippen molar-refractivity contribution in [3.8, 4) is 0 Å². The van der Waals surface area contributed by atoms with Gasteiger partial charge in [-0.25, -0.2) is 4.79 Å². The molecule has 1 saturated heterocycles. The lowest BCUT2D eigenvalue weighted by Gasteiger charge is -2.26. The van der Waals surface area contributed by atoms with Gasteiger partial charge in [-0.1, -0.05) is 36.4 Å². The van der Waals surface area contributed by atoms with Crippen molar-refractivity contribution in [2.24, 2.45) is 0 Å². The van der Waals surface area contributed by atoms with E-state index in [1.54, 1.807) is 0 Å². The summed E-state index contributed by atoms with van der Waals surface area (Å²) in [5.41, 5.74) is 4.25. The van der Waals surface area contributed by atoms with Gasteiger partial charge in [0.1, 0.15) is 0 Å². The Labute approximate surface area is 172 Å². The normalized spacial score (nSPS) is 14.2. The summed E-state index contributed by atoms with van der Waals surface area (Å²) < 4.78 is 0. The van der Waals surface area contributed by atoms with Gasteiger partial charge in [0.25, 0.3) is 0 Å². The van der Waals surface area contributed by atoms with E-state index in [1.807, 2.05) is 55.4 Å². The quantitative estimate of drug-likeness (QED) is 0.758. The van der Waals surface area contributed by atoms with E-state index >= 15 is 0 Å². The van der Waals surface area contributed by atoms with Gasteiger partial charge in [0.15, 0.2) is 0 Å². The highest BCUT2D eigenvalue weighted by Crippen LogP contribution is 2.21. The van der Waals surface area contributed by atoms with Crippen LogP contribution in [0.2, 0.25) is 0 Å². The average molecular weight is 395 g/mol. The molecule has 154 valence electrons. The number of benzene rings is 2. The molecule has 0 bridgehead atoms. The Kier molecular flexibility index (Phi) is 7.25. The predicted octanol–water partition coefficient (Wildman–Crippen LogP) is 3.26. The molecule has 0 atom stereocenters. The van der Waals surface area contributed by atoms with Gasteiger partial charge in [0.05, 0.1) is 0 Å². The lowest BCUT2D eigenvalue weighted by Crippen LogP contribution is -2.35. The summed E-state index contributed by atoms with van der Waals surface area (Å²) in [6.07, 6.45) is 2.65. The monoisotopic (exact) mass is 394 g/mol. The first-order valence-corrected chi connectivity index (χ1v) is 10.1. The van der Waals surface area contributed by atoms with E-state index in [4.69, 9.17) is 0 Å². The lowest BCUT2D eigenvalue weighted by molar-refractivity contribution is -0.119. The molecular formula is C23H30N4O2. The summed E-state index contributed by atoms with van der Waals surface area (Å²) in [4.78, 5) is 28.1. The first kappa shape index (κ1) is 20.9. The third-order valence-corrected chi connectivity index (χ3v) is 5.00. The molecular weight excluding hydrogens is 364 g/mol. The second kappa shape index (κ2) is 10.1. The zero-order valence-electron chi connectivity index (χ0n) is 17.3. The van der Waals surface area contributed by atoms with E-state index in [9.17, 15) is 9.59 Å². The maximum absolute atomic E-state index is 12.1. The summed E-state index contributed by atoms with van der Waals surface area (Å²) in [6.45, 7) is 2.62.